The highest BCUT2D eigenvalue weighted by Crippen LogP contribution is 2.48. The number of anilines is 3. The Kier molecular flexibility index (Phi) is 4.27. The predicted molar refractivity (Wildman–Crippen MR) is 114 cm³/mol. The van der Waals surface area contributed by atoms with E-state index < -0.39 is 0 Å². The summed E-state index contributed by atoms with van der Waals surface area (Å²) in [5.74, 6) is 3.69. The molecule has 0 spiro atoms. The van der Waals surface area contributed by atoms with Gasteiger partial charge in [-0.3, -0.25) is 0 Å². The zero-order chi connectivity index (χ0) is 19.1. The van der Waals surface area contributed by atoms with E-state index in [0.29, 0.717) is 12.0 Å². The molecule has 4 nitrogen and oxygen atoms in total. The van der Waals surface area contributed by atoms with Gasteiger partial charge in [0, 0.05) is 30.1 Å². The number of benzene rings is 2. The van der Waals surface area contributed by atoms with Crippen LogP contribution >= 0.6 is 0 Å². The molecule has 6 rings (SSSR count). The number of para-hydroxylation sites is 1. The van der Waals surface area contributed by atoms with Gasteiger partial charge in [0.05, 0.1) is 6.04 Å². The van der Waals surface area contributed by atoms with Gasteiger partial charge in [-0.15, -0.1) is 0 Å². The first-order chi connectivity index (χ1) is 13.7. The van der Waals surface area contributed by atoms with Gasteiger partial charge in [-0.1, -0.05) is 56.3 Å². The second-order valence-electron chi connectivity index (χ2n) is 8.19. The van der Waals surface area contributed by atoms with Crippen LogP contribution < -0.4 is 10.2 Å². The SMILES string of the molecule is CC(C)c1nc(Nc2ccccc2)cc(N2C[C@H]3CC[C@H]2c2ccccc23)n1. The van der Waals surface area contributed by atoms with Crippen LogP contribution in [0, 0.1) is 0 Å². The molecule has 2 bridgehead atoms. The molecule has 1 saturated heterocycles. The first kappa shape index (κ1) is 17.2. The molecule has 0 saturated carbocycles. The minimum Gasteiger partial charge on any atom is -0.349 e. The van der Waals surface area contributed by atoms with Crippen molar-refractivity contribution in [2.24, 2.45) is 0 Å². The molecule has 1 aliphatic carbocycles. The van der Waals surface area contributed by atoms with Gasteiger partial charge < -0.3 is 10.2 Å². The molecule has 1 fully saturated rings. The van der Waals surface area contributed by atoms with E-state index >= 15 is 0 Å². The Morgan fingerprint density at radius 1 is 0.929 bits per heavy atom. The fourth-order valence-electron chi connectivity index (χ4n) is 4.58. The minimum atomic E-state index is 0.283. The van der Waals surface area contributed by atoms with Gasteiger partial charge in [0.2, 0.25) is 0 Å². The number of rotatable bonds is 4. The van der Waals surface area contributed by atoms with Gasteiger partial charge in [0.25, 0.3) is 0 Å². The second kappa shape index (κ2) is 6.93. The normalized spacial score (nSPS) is 20.3. The molecule has 1 aromatic heterocycles. The van der Waals surface area contributed by atoms with E-state index in [1.54, 1.807) is 0 Å². The van der Waals surface area contributed by atoms with E-state index in [4.69, 9.17) is 9.97 Å². The maximum atomic E-state index is 4.96. The average Bonchev–Trinajstić information content (AvgIpc) is 2.75. The van der Waals surface area contributed by atoms with Crippen LogP contribution in [0.25, 0.3) is 0 Å². The van der Waals surface area contributed by atoms with Crippen molar-refractivity contribution >= 4 is 17.3 Å². The van der Waals surface area contributed by atoms with Crippen molar-refractivity contribution in [1.82, 2.24) is 9.97 Å². The standard InChI is InChI=1S/C24H26N4/c1-16(2)24-26-22(25-18-8-4-3-5-9-18)14-23(27-24)28-15-17-12-13-21(28)20-11-7-6-10-19(17)20/h3-11,14,16-17,21H,12-13,15H2,1-2H3,(H,25,26,27)/t17-,21+/m1/s1. The Morgan fingerprint density at radius 3 is 2.46 bits per heavy atom. The van der Waals surface area contributed by atoms with Crippen LogP contribution in [0.1, 0.15) is 61.5 Å². The fraction of sp³-hybridized carbons (Fsp3) is 0.333. The number of piperidine rings is 1. The average molecular weight is 371 g/mol. The highest BCUT2D eigenvalue weighted by molar-refractivity contribution is 5.61. The van der Waals surface area contributed by atoms with E-state index in [9.17, 15) is 0 Å². The first-order valence-corrected chi connectivity index (χ1v) is 10.3. The summed E-state index contributed by atoms with van der Waals surface area (Å²) in [5.41, 5.74) is 4.07. The van der Waals surface area contributed by atoms with Gasteiger partial charge >= 0.3 is 0 Å². The van der Waals surface area contributed by atoms with E-state index in [-0.39, 0.29) is 5.92 Å². The zero-order valence-electron chi connectivity index (χ0n) is 16.5. The molecule has 4 heteroatoms. The lowest BCUT2D eigenvalue weighted by Crippen LogP contribution is -2.43. The number of nitrogens with zero attached hydrogens (tertiary/aromatic N) is 3. The van der Waals surface area contributed by atoms with Gasteiger partial charge in [-0.25, -0.2) is 9.97 Å². The summed E-state index contributed by atoms with van der Waals surface area (Å²) in [6.07, 6.45) is 2.47. The van der Waals surface area contributed by atoms with Crippen molar-refractivity contribution in [2.75, 3.05) is 16.8 Å². The molecular weight excluding hydrogens is 344 g/mol. The number of hydrogen-bond donors (Lipinski definition) is 1. The summed E-state index contributed by atoms with van der Waals surface area (Å²) in [4.78, 5) is 12.2. The van der Waals surface area contributed by atoms with E-state index in [2.05, 4.69) is 66.5 Å². The lowest BCUT2D eigenvalue weighted by molar-refractivity contribution is 0.386. The number of fused-ring (bicyclic) bond motifs is 2. The molecule has 1 N–H and O–H groups in total. The minimum absolute atomic E-state index is 0.283. The Bertz CT molecular complexity index is 983. The Morgan fingerprint density at radius 2 is 1.68 bits per heavy atom. The van der Waals surface area contributed by atoms with Crippen molar-refractivity contribution in [2.45, 2.75) is 44.6 Å². The lowest BCUT2D eigenvalue weighted by Gasteiger charge is -2.47. The summed E-state index contributed by atoms with van der Waals surface area (Å²) in [7, 11) is 0. The van der Waals surface area contributed by atoms with Gasteiger partial charge in [-0.2, -0.15) is 0 Å². The topological polar surface area (TPSA) is 41.1 Å². The smallest absolute Gasteiger partial charge is 0.136 e. The van der Waals surface area contributed by atoms with Crippen molar-refractivity contribution in [3.63, 3.8) is 0 Å². The predicted octanol–water partition coefficient (Wildman–Crippen LogP) is 5.78. The van der Waals surface area contributed by atoms with Crippen molar-refractivity contribution < 1.29 is 0 Å². The van der Waals surface area contributed by atoms with Crippen LogP contribution in [0.15, 0.2) is 60.7 Å². The molecule has 2 aliphatic heterocycles. The highest BCUT2D eigenvalue weighted by atomic mass is 15.2. The van der Waals surface area contributed by atoms with Crippen molar-refractivity contribution in [1.29, 1.82) is 0 Å². The fourth-order valence-corrected chi connectivity index (χ4v) is 4.58. The molecule has 0 radical (unpaired) electrons. The third kappa shape index (κ3) is 3.03. The van der Waals surface area contributed by atoms with Crippen LogP contribution in [0.2, 0.25) is 0 Å². The highest BCUT2D eigenvalue weighted by Gasteiger charge is 2.38. The Labute approximate surface area is 166 Å². The largest absolute Gasteiger partial charge is 0.349 e. The summed E-state index contributed by atoms with van der Waals surface area (Å²) in [5, 5.41) is 3.46. The summed E-state index contributed by atoms with van der Waals surface area (Å²) in [6, 6.07) is 21.7. The van der Waals surface area contributed by atoms with Gasteiger partial charge in [0.15, 0.2) is 0 Å². The van der Waals surface area contributed by atoms with Crippen LogP contribution in [0.3, 0.4) is 0 Å². The Hall–Kier alpha value is -2.88. The summed E-state index contributed by atoms with van der Waals surface area (Å²) >= 11 is 0. The Balaban J connectivity index is 1.53. The molecule has 0 unspecified atom stereocenters. The third-order valence-electron chi connectivity index (χ3n) is 5.96. The molecule has 2 aromatic carbocycles. The zero-order valence-corrected chi connectivity index (χ0v) is 16.5. The molecule has 3 heterocycles. The van der Waals surface area contributed by atoms with Crippen LogP contribution in [0.5, 0.6) is 0 Å². The third-order valence-corrected chi connectivity index (χ3v) is 5.96. The molecule has 0 amide bonds. The van der Waals surface area contributed by atoms with Gasteiger partial charge in [0.1, 0.15) is 17.5 Å². The lowest BCUT2D eigenvalue weighted by atomic mass is 9.75. The maximum absolute atomic E-state index is 4.96. The number of aromatic nitrogens is 2. The van der Waals surface area contributed by atoms with E-state index in [1.165, 1.54) is 24.0 Å². The quantitative estimate of drug-likeness (QED) is 0.632. The van der Waals surface area contributed by atoms with Crippen LogP contribution in [-0.2, 0) is 0 Å². The molecule has 2 atom stereocenters. The number of hydrogen-bond acceptors (Lipinski definition) is 4. The summed E-state index contributed by atoms with van der Waals surface area (Å²) in [6.45, 7) is 5.35. The second-order valence-corrected chi connectivity index (χ2v) is 8.19. The van der Waals surface area contributed by atoms with E-state index in [0.717, 1.165) is 29.7 Å². The van der Waals surface area contributed by atoms with Crippen molar-refractivity contribution in [3.05, 3.63) is 77.6 Å². The monoisotopic (exact) mass is 370 g/mol. The van der Waals surface area contributed by atoms with Gasteiger partial charge in [-0.05, 0) is 36.1 Å². The molecule has 28 heavy (non-hydrogen) atoms. The van der Waals surface area contributed by atoms with Crippen LogP contribution in [0.4, 0.5) is 17.3 Å². The first-order valence-electron chi connectivity index (χ1n) is 10.3. The van der Waals surface area contributed by atoms with Crippen LogP contribution in [-0.4, -0.2) is 16.5 Å². The molecular formula is C24H26N4. The molecule has 3 aliphatic rings. The maximum Gasteiger partial charge on any atom is 0.136 e. The van der Waals surface area contributed by atoms with Crippen molar-refractivity contribution in [3.8, 4) is 0 Å². The molecule has 142 valence electrons. The molecule has 3 aromatic rings. The van der Waals surface area contributed by atoms with E-state index in [1.807, 2.05) is 18.2 Å². The number of nitrogens with one attached hydrogen (secondary N) is 1. The summed E-state index contributed by atoms with van der Waals surface area (Å²) < 4.78 is 0.